The van der Waals surface area contributed by atoms with Gasteiger partial charge in [0.2, 0.25) is 5.95 Å². The number of amides is 1. The number of nitrogens with zero attached hydrogens (tertiary/aromatic N) is 4. The number of carbonyl (C=O) groups excluding carboxylic acids is 1. The molecule has 1 atom stereocenters. The van der Waals surface area contributed by atoms with E-state index in [0.717, 1.165) is 11.1 Å². The fourth-order valence-corrected chi connectivity index (χ4v) is 4.89. The quantitative estimate of drug-likeness (QED) is 0.342. The molecule has 0 fully saturated rings. The topological polar surface area (TPSA) is 161 Å². The van der Waals surface area contributed by atoms with Crippen LogP contribution < -0.4 is 24.6 Å². The second-order valence-electron chi connectivity index (χ2n) is 9.27. The molecule has 198 valence electrons. The Morgan fingerprint density at radius 2 is 1.87 bits per heavy atom. The molecule has 1 aliphatic carbocycles. The molecule has 1 aromatic heterocycles. The number of hydrogen-bond acceptors (Lipinski definition) is 7. The molecule has 1 unspecified atom stereocenters. The van der Waals surface area contributed by atoms with Crippen molar-refractivity contribution in [1.29, 1.82) is 0 Å². The summed E-state index contributed by atoms with van der Waals surface area (Å²) in [6.07, 6.45) is 1.21. The van der Waals surface area contributed by atoms with Crippen LogP contribution in [-0.2, 0) is 24.3 Å². The Balaban J connectivity index is 0.00000420. The van der Waals surface area contributed by atoms with Crippen molar-refractivity contribution >= 4 is 23.8 Å². The molecule has 0 bridgehead atoms. The summed E-state index contributed by atoms with van der Waals surface area (Å²) in [7, 11) is 0. The molecule has 0 aliphatic heterocycles. The number of rotatable bonds is 9. The van der Waals surface area contributed by atoms with Gasteiger partial charge in [-0.1, -0.05) is 23.8 Å². The van der Waals surface area contributed by atoms with Crippen molar-refractivity contribution in [3.8, 4) is 0 Å². The Hall–Kier alpha value is -3.78. The van der Waals surface area contributed by atoms with Crippen molar-refractivity contribution in [3.63, 3.8) is 0 Å². The van der Waals surface area contributed by atoms with Gasteiger partial charge in [0, 0.05) is 12.6 Å². The minimum Gasteiger partial charge on any atom is -0.644 e. The molecule has 0 radical (unpaired) electrons. The molecule has 39 heavy (non-hydrogen) atoms. The molecular formula is C27H27FLiN5O5. The second kappa shape index (κ2) is 12.4. The standard InChI is InChI=1S/C27H28FN5O5.Li/c1-14-9-16(3-7-21(14)28)11-30-25(36)22-10-17(31-27(29)32-22)12-33(13-24(34)35)23-8-6-18-15(2)19(26(37)38)4-5-20(18)23;/h3-5,7,9-10,23H,6,8,11-13H2,1-2H3,(H5,29,30,31,32,34,35,36,37,38);/q;+1/p-1. The number of nitrogen functional groups attached to an aromatic ring is 1. The fraction of sp³-hybridized carbons (Fsp3) is 0.296. The predicted molar refractivity (Wildman–Crippen MR) is 136 cm³/mol. The van der Waals surface area contributed by atoms with E-state index in [4.69, 9.17) is 5.73 Å². The second-order valence-corrected chi connectivity index (χ2v) is 9.27. The van der Waals surface area contributed by atoms with Gasteiger partial charge in [-0.15, -0.1) is 6.54 Å². The third-order valence-electron chi connectivity index (χ3n) is 6.68. The van der Waals surface area contributed by atoms with Crippen LogP contribution in [0.25, 0.3) is 5.32 Å². The molecule has 4 rings (SSSR count). The zero-order valence-corrected chi connectivity index (χ0v) is 21.9. The van der Waals surface area contributed by atoms with E-state index in [9.17, 15) is 29.0 Å². The summed E-state index contributed by atoms with van der Waals surface area (Å²) < 4.78 is 13.5. The van der Waals surface area contributed by atoms with Crippen molar-refractivity contribution in [2.45, 2.75) is 45.8 Å². The zero-order chi connectivity index (χ0) is 27.6. The molecule has 0 saturated heterocycles. The van der Waals surface area contributed by atoms with E-state index >= 15 is 0 Å². The molecule has 0 saturated carbocycles. The summed E-state index contributed by atoms with van der Waals surface area (Å²) in [4.78, 5) is 45.9. The monoisotopic (exact) mass is 527 g/mol. The van der Waals surface area contributed by atoms with Crippen molar-refractivity contribution < 1.29 is 47.8 Å². The molecular weight excluding hydrogens is 500 g/mol. The van der Waals surface area contributed by atoms with E-state index in [1.165, 1.54) is 18.2 Å². The average molecular weight is 527 g/mol. The molecule has 12 heteroatoms. The van der Waals surface area contributed by atoms with Crippen LogP contribution >= 0.6 is 0 Å². The number of aliphatic carboxylic acids is 1. The Morgan fingerprint density at radius 3 is 2.54 bits per heavy atom. The maximum Gasteiger partial charge on any atom is 1.00 e. The summed E-state index contributed by atoms with van der Waals surface area (Å²) in [5.74, 6) is -3.18. The number of nitrogens with two attached hydrogens (primary N) is 1. The van der Waals surface area contributed by atoms with Crippen molar-refractivity contribution in [1.82, 2.24) is 14.9 Å². The van der Waals surface area contributed by atoms with Gasteiger partial charge >= 0.3 is 30.8 Å². The first-order valence-electron chi connectivity index (χ1n) is 11.9. The number of carboxylic acid groups (broad SMARTS) is 2. The van der Waals surface area contributed by atoms with Crippen LogP contribution in [0, 0.1) is 19.7 Å². The molecule has 1 aliphatic rings. The molecule has 1 heterocycles. The number of fused-ring (bicyclic) bond motifs is 1. The number of hydrogen-bond donors (Lipinski definition) is 3. The number of aromatic nitrogens is 2. The van der Waals surface area contributed by atoms with E-state index in [-0.39, 0.29) is 67.6 Å². The number of aryl methyl sites for hydroxylation is 1. The number of halogens is 1. The summed E-state index contributed by atoms with van der Waals surface area (Å²) in [5.41, 5.74) is 9.95. The molecule has 10 nitrogen and oxygen atoms in total. The Bertz CT molecular complexity index is 1430. The van der Waals surface area contributed by atoms with Gasteiger partial charge in [0.05, 0.1) is 23.5 Å². The number of benzene rings is 2. The minimum absolute atomic E-state index is 0. The van der Waals surface area contributed by atoms with E-state index < -0.39 is 17.8 Å². The first kappa shape index (κ1) is 29.8. The van der Waals surface area contributed by atoms with Crippen molar-refractivity contribution in [2.24, 2.45) is 0 Å². The summed E-state index contributed by atoms with van der Waals surface area (Å²) >= 11 is 0. The van der Waals surface area contributed by atoms with Crippen molar-refractivity contribution in [2.75, 3.05) is 12.3 Å². The summed E-state index contributed by atoms with van der Waals surface area (Å²) in [5, 5.41) is 23.1. The normalized spacial score (nSPS) is 14.0. The van der Waals surface area contributed by atoms with Gasteiger partial charge in [0.25, 0.3) is 0 Å². The molecule has 4 N–H and O–H groups in total. The first-order chi connectivity index (χ1) is 18.0. The van der Waals surface area contributed by atoms with Gasteiger partial charge in [-0.3, -0.25) is 9.69 Å². The van der Waals surface area contributed by atoms with E-state index in [2.05, 4.69) is 15.3 Å². The Kier molecular flexibility index (Phi) is 9.45. The summed E-state index contributed by atoms with van der Waals surface area (Å²) in [6.45, 7) is 3.18. The molecule has 1 amide bonds. The van der Waals surface area contributed by atoms with Crippen LogP contribution in [0.3, 0.4) is 0 Å². The Labute approximate surface area is 236 Å². The van der Waals surface area contributed by atoms with E-state index in [1.807, 2.05) is 0 Å². The SMILES string of the molecule is Cc1cc(C[N-]C(=O)c2cc(CN(CC(=O)O)C3CCc4c3ccc(C(=O)O)c4C)nc(N)n2)ccc1F.[Li+]. The van der Waals surface area contributed by atoms with Crippen LogP contribution in [0.5, 0.6) is 0 Å². The van der Waals surface area contributed by atoms with E-state index in [0.29, 0.717) is 35.2 Å². The fourth-order valence-electron chi connectivity index (χ4n) is 4.89. The third kappa shape index (κ3) is 6.81. The molecule has 2 aromatic carbocycles. The van der Waals surface area contributed by atoms with Gasteiger partial charge in [0.1, 0.15) is 11.7 Å². The smallest absolute Gasteiger partial charge is 0.644 e. The van der Waals surface area contributed by atoms with Crippen LogP contribution in [0.15, 0.2) is 36.4 Å². The zero-order valence-electron chi connectivity index (χ0n) is 21.9. The van der Waals surface area contributed by atoms with Gasteiger partial charge in [0.15, 0.2) is 0 Å². The number of carboxylic acids is 2. The van der Waals surface area contributed by atoms with Gasteiger partial charge in [-0.2, -0.15) is 0 Å². The van der Waals surface area contributed by atoms with Crippen LogP contribution in [0.2, 0.25) is 0 Å². The third-order valence-corrected chi connectivity index (χ3v) is 6.68. The maximum absolute atomic E-state index is 13.5. The Morgan fingerprint density at radius 1 is 1.13 bits per heavy atom. The maximum atomic E-state index is 13.5. The number of anilines is 1. The minimum atomic E-state index is -1.04. The number of carbonyl (C=O) groups is 3. The number of aromatic carboxylic acids is 1. The van der Waals surface area contributed by atoms with Gasteiger partial charge < -0.3 is 26.1 Å². The molecule has 0 spiro atoms. The average Bonchev–Trinajstić information content (AvgIpc) is 3.28. The van der Waals surface area contributed by atoms with Gasteiger partial charge in [-0.25, -0.2) is 19.2 Å². The van der Waals surface area contributed by atoms with Crippen LogP contribution in [-0.4, -0.2) is 49.5 Å². The van der Waals surface area contributed by atoms with E-state index in [1.54, 1.807) is 36.9 Å². The molecule has 3 aromatic rings. The van der Waals surface area contributed by atoms with Crippen LogP contribution in [0.4, 0.5) is 10.3 Å². The first-order valence-corrected chi connectivity index (χ1v) is 11.9. The van der Waals surface area contributed by atoms with Crippen LogP contribution in [0.1, 0.15) is 66.8 Å². The van der Waals surface area contributed by atoms with Crippen molar-refractivity contribution in [3.05, 3.63) is 92.3 Å². The largest absolute Gasteiger partial charge is 1.00 e. The van der Waals surface area contributed by atoms with Gasteiger partial charge in [-0.05, 0) is 67.1 Å². The summed E-state index contributed by atoms with van der Waals surface area (Å²) in [6, 6.07) is 8.88. The predicted octanol–water partition coefficient (Wildman–Crippen LogP) is 0.805.